The number of pyridine rings is 1. The molecule has 1 heterocycles. The van der Waals surface area contributed by atoms with Gasteiger partial charge in [-0.2, -0.15) is 0 Å². The van der Waals surface area contributed by atoms with Crippen LogP contribution in [-0.4, -0.2) is 41.7 Å². The first kappa shape index (κ1) is 15.4. The first-order valence-corrected chi connectivity index (χ1v) is 7.62. The average molecular weight is 314 g/mol. The van der Waals surface area contributed by atoms with Crippen molar-refractivity contribution in [3.63, 3.8) is 0 Å². The van der Waals surface area contributed by atoms with Gasteiger partial charge in [-0.1, -0.05) is 18.2 Å². The molecule has 6 nitrogen and oxygen atoms in total. The minimum absolute atomic E-state index is 0.163. The molecule has 1 saturated carbocycles. The maximum absolute atomic E-state index is 12.4. The minimum Gasteiger partial charge on any atom is -0.480 e. The summed E-state index contributed by atoms with van der Waals surface area (Å²) in [4.78, 5) is 27.4. The van der Waals surface area contributed by atoms with Crippen molar-refractivity contribution in [1.29, 1.82) is 0 Å². The summed E-state index contributed by atoms with van der Waals surface area (Å²) in [6.07, 6.45) is 2.24. The minimum atomic E-state index is -1.02. The van der Waals surface area contributed by atoms with Gasteiger partial charge in [0.15, 0.2) is 0 Å². The number of aliphatic carboxylic acids is 1. The van der Waals surface area contributed by atoms with E-state index >= 15 is 0 Å². The standard InChI is InChI=1S/C17H18N2O4/c20-16(21)10-23-8-7-18-17(22)13-9-15(11-5-6-11)19-14-4-2-1-3-12(13)14/h1-4,9,11H,5-8,10H2,(H,18,22)(H,20,21). The lowest BCUT2D eigenvalue weighted by Crippen LogP contribution is -2.28. The summed E-state index contributed by atoms with van der Waals surface area (Å²) in [5, 5.41) is 12.1. The van der Waals surface area contributed by atoms with Gasteiger partial charge in [-0.3, -0.25) is 9.78 Å². The zero-order chi connectivity index (χ0) is 16.2. The van der Waals surface area contributed by atoms with Crippen LogP contribution in [0.2, 0.25) is 0 Å². The van der Waals surface area contributed by atoms with Gasteiger partial charge in [0.2, 0.25) is 0 Å². The number of benzene rings is 1. The van der Waals surface area contributed by atoms with E-state index in [-0.39, 0.29) is 25.7 Å². The molecule has 0 radical (unpaired) electrons. The Morgan fingerprint density at radius 1 is 1.30 bits per heavy atom. The molecule has 120 valence electrons. The average Bonchev–Trinajstić information content (AvgIpc) is 3.38. The number of hydrogen-bond acceptors (Lipinski definition) is 4. The number of carboxylic acids is 1. The van der Waals surface area contributed by atoms with E-state index in [9.17, 15) is 9.59 Å². The van der Waals surface area contributed by atoms with E-state index in [0.717, 1.165) is 29.4 Å². The van der Waals surface area contributed by atoms with Gasteiger partial charge in [0, 0.05) is 23.5 Å². The molecule has 0 unspecified atom stereocenters. The Balaban J connectivity index is 1.72. The van der Waals surface area contributed by atoms with E-state index in [1.165, 1.54) is 0 Å². The normalized spacial score (nSPS) is 13.9. The lowest BCUT2D eigenvalue weighted by atomic mass is 10.1. The van der Waals surface area contributed by atoms with E-state index in [1.54, 1.807) is 0 Å². The highest BCUT2D eigenvalue weighted by Crippen LogP contribution is 2.40. The zero-order valence-electron chi connectivity index (χ0n) is 12.6. The summed E-state index contributed by atoms with van der Waals surface area (Å²) in [5.74, 6) is -0.750. The molecule has 0 spiro atoms. The number of aromatic nitrogens is 1. The number of ether oxygens (including phenoxy) is 1. The smallest absolute Gasteiger partial charge is 0.329 e. The molecule has 23 heavy (non-hydrogen) atoms. The van der Waals surface area contributed by atoms with Crippen LogP contribution < -0.4 is 5.32 Å². The Bertz CT molecular complexity index is 740. The Morgan fingerprint density at radius 2 is 2.09 bits per heavy atom. The lowest BCUT2D eigenvalue weighted by Gasteiger charge is -2.10. The number of para-hydroxylation sites is 1. The highest BCUT2D eigenvalue weighted by atomic mass is 16.5. The van der Waals surface area contributed by atoms with Crippen LogP contribution in [-0.2, 0) is 9.53 Å². The molecule has 1 aliphatic rings. The molecule has 0 saturated heterocycles. The molecule has 1 amide bonds. The summed E-state index contributed by atoms with van der Waals surface area (Å²) < 4.78 is 4.91. The third kappa shape index (κ3) is 3.84. The van der Waals surface area contributed by atoms with Crippen molar-refractivity contribution >= 4 is 22.8 Å². The van der Waals surface area contributed by atoms with Crippen molar-refractivity contribution in [2.45, 2.75) is 18.8 Å². The van der Waals surface area contributed by atoms with Crippen molar-refractivity contribution < 1.29 is 19.4 Å². The van der Waals surface area contributed by atoms with Crippen LogP contribution in [0.4, 0.5) is 0 Å². The summed E-state index contributed by atoms with van der Waals surface area (Å²) in [5.41, 5.74) is 2.40. The molecule has 2 N–H and O–H groups in total. The van der Waals surface area contributed by atoms with Crippen LogP contribution in [0.25, 0.3) is 10.9 Å². The fourth-order valence-corrected chi connectivity index (χ4v) is 2.46. The molecular formula is C17H18N2O4. The van der Waals surface area contributed by atoms with Crippen LogP contribution in [0.1, 0.15) is 34.8 Å². The maximum Gasteiger partial charge on any atom is 0.329 e. The Labute approximate surface area is 133 Å². The number of fused-ring (bicyclic) bond motifs is 1. The molecule has 0 bridgehead atoms. The third-order valence-corrected chi connectivity index (χ3v) is 3.73. The molecule has 1 fully saturated rings. The lowest BCUT2D eigenvalue weighted by molar-refractivity contribution is -0.142. The van der Waals surface area contributed by atoms with Crippen molar-refractivity contribution in [2.75, 3.05) is 19.8 Å². The van der Waals surface area contributed by atoms with E-state index in [0.29, 0.717) is 11.5 Å². The first-order chi connectivity index (χ1) is 11.1. The van der Waals surface area contributed by atoms with Crippen LogP contribution >= 0.6 is 0 Å². The quantitative estimate of drug-likeness (QED) is 0.763. The fourth-order valence-electron chi connectivity index (χ4n) is 2.46. The van der Waals surface area contributed by atoms with E-state index in [4.69, 9.17) is 9.84 Å². The van der Waals surface area contributed by atoms with Crippen molar-refractivity contribution in [3.05, 3.63) is 41.6 Å². The zero-order valence-corrected chi connectivity index (χ0v) is 12.6. The number of nitrogens with one attached hydrogen (secondary N) is 1. The number of carbonyl (C=O) groups is 2. The molecular weight excluding hydrogens is 296 g/mol. The predicted octanol–water partition coefficient (Wildman–Crippen LogP) is 1.94. The maximum atomic E-state index is 12.4. The van der Waals surface area contributed by atoms with Gasteiger partial charge >= 0.3 is 5.97 Å². The largest absolute Gasteiger partial charge is 0.480 e. The fraction of sp³-hybridized carbons (Fsp3) is 0.353. The first-order valence-electron chi connectivity index (χ1n) is 7.62. The highest BCUT2D eigenvalue weighted by molar-refractivity contribution is 6.06. The topological polar surface area (TPSA) is 88.5 Å². The molecule has 1 aromatic heterocycles. The van der Waals surface area contributed by atoms with Crippen LogP contribution in [0.3, 0.4) is 0 Å². The second-order valence-corrected chi connectivity index (χ2v) is 5.59. The third-order valence-electron chi connectivity index (χ3n) is 3.73. The number of amides is 1. The molecule has 1 aliphatic carbocycles. The molecule has 6 heteroatoms. The van der Waals surface area contributed by atoms with Gasteiger partial charge in [-0.05, 0) is 25.0 Å². The van der Waals surface area contributed by atoms with E-state index < -0.39 is 5.97 Å². The number of carboxylic acid groups (broad SMARTS) is 1. The molecule has 1 aromatic carbocycles. The Kier molecular flexibility index (Phi) is 4.52. The van der Waals surface area contributed by atoms with Gasteiger partial charge in [0.05, 0.1) is 17.7 Å². The van der Waals surface area contributed by atoms with E-state index in [1.807, 2.05) is 30.3 Å². The number of carbonyl (C=O) groups excluding carboxylic acids is 1. The molecule has 0 atom stereocenters. The Morgan fingerprint density at radius 3 is 2.83 bits per heavy atom. The molecule has 3 rings (SSSR count). The van der Waals surface area contributed by atoms with Gasteiger partial charge in [0.25, 0.3) is 5.91 Å². The number of rotatable bonds is 7. The summed E-state index contributed by atoms with van der Waals surface area (Å²) in [7, 11) is 0. The highest BCUT2D eigenvalue weighted by Gasteiger charge is 2.26. The molecule has 2 aromatic rings. The van der Waals surface area contributed by atoms with Crippen molar-refractivity contribution in [1.82, 2.24) is 10.3 Å². The number of nitrogens with zero attached hydrogens (tertiary/aromatic N) is 1. The van der Waals surface area contributed by atoms with Crippen molar-refractivity contribution in [2.24, 2.45) is 0 Å². The second kappa shape index (κ2) is 6.75. The number of hydrogen-bond donors (Lipinski definition) is 2. The van der Waals surface area contributed by atoms with Gasteiger partial charge in [0.1, 0.15) is 6.61 Å². The summed E-state index contributed by atoms with van der Waals surface area (Å²) >= 11 is 0. The van der Waals surface area contributed by atoms with Crippen LogP contribution in [0.5, 0.6) is 0 Å². The second-order valence-electron chi connectivity index (χ2n) is 5.59. The van der Waals surface area contributed by atoms with Crippen LogP contribution in [0.15, 0.2) is 30.3 Å². The SMILES string of the molecule is O=C(O)COCCNC(=O)c1cc(C2CC2)nc2ccccc12. The van der Waals surface area contributed by atoms with Crippen LogP contribution in [0, 0.1) is 0 Å². The van der Waals surface area contributed by atoms with Gasteiger partial charge in [-0.15, -0.1) is 0 Å². The van der Waals surface area contributed by atoms with Gasteiger partial charge in [-0.25, -0.2) is 4.79 Å². The Hall–Kier alpha value is -2.47. The monoisotopic (exact) mass is 314 g/mol. The summed E-state index contributed by atoms with van der Waals surface area (Å²) in [6, 6.07) is 9.46. The van der Waals surface area contributed by atoms with E-state index in [2.05, 4.69) is 10.3 Å². The van der Waals surface area contributed by atoms with Crippen molar-refractivity contribution in [3.8, 4) is 0 Å². The molecule has 0 aliphatic heterocycles. The van der Waals surface area contributed by atoms with Gasteiger partial charge < -0.3 is 15.2 Å². The predicted molar refractivity (Wildman–Crippen MR) is 84.5 cm³/mol. The summed E-state index contributed by atoms with van der Waals surface area (Å²) in [6.45, 7) is 0.0674.